The predicted molar refractivity (Wildman–Crippen MR) is 91.4 cm³/mol. The average Bonchev–Trinajstić information content (AvgIpc) is 2.51. The summed E-state index contributed by atoms with van der Waals surface area (Å²) in [6, 6.07) is 2.69. The van der Waals surface area contributed by atoms with E-state index in [9.17, 15) is 40.0 Å². The molecule has 0 aromatic heterocycles. The standard InChI is InChI=1S/C14H10F5IO7S/c1-6(2)10(21)26-9-5-7(3-4-8(9)20)11(22)27-12(13(15,16)17)14(18,19)28(23,24)25/h3-5,12H,1H2,2H3,(H,23,24,25). The topological polar surface area (TPSA) is 107 Å². The van der Waals surface area contributed by atoms with Gasteiger partial charge >= 0.3 is 33.5 Å². The molecule has 0 amide bonds. The van der Waals surface area contributed by atoms with Crippen LogP contribution in [0.25, 0.3) is 0 Å². The van der Waals surface area contributed by atoms with Gasteiger partial charge in [-0.2, -0.15) is 30.4 Å². The van der Waals surface area contributed by atoms with Crippen molar-refractivity contribution in [2.24, 2.45) is 0 Å². The molecule has 0 aliphatic carbocycles. The first kappa shape index (κ1) is 24.2. The molecule has 0 aliphatic heterocycles. The Labute approximate surface area is 168 Å². The summed E-state index contributed by atoms with van der Waals surface area (Å²) in [6.45, 7) is 4.59. The van der Waals surface area contributed by atoms with Crippen molar-refractivity contribution in [1.82, 2.24) is 0 Å². The van der Waals surface area contributed by atoms with E-state index in [0.29, 0.717) is 0 Å². The molecule has 1 rings (SSSR count). The molecule has 1 N–H and O–H groups in total. The highest BCUT2D eigenvalue weighted by molar-refractivity contribution is 14.1. The number of halogens is 6. The van der Waals surface area contributed by atoms with Crippen LogP contribution in [-0.2, 0) is 19.6 Å². The minimum absolute atomic E-state index is 0.0475. The molecule has 7 nitrogen and oxygen atoms in total. The van der Waals surface area contributed by atoms with E-state index >= 15 is 0 Å². The predicted octanol–water partition coefficient (Wildman–Crippen LogP) is 3.34. The van der Waals surface area contributed by atoms with Crippen LogP contribution < -0.4 is 4.74 Å². The van der Waals surface area contributed by atoms with Crippen LogP contribution in [-0.4, -0.2) is 42.4 Å². The molecule has 0 saturated carbocycles. The zero-order valence-electron chi connectivity index (χ0n) is 13.6. The summed E-state index contributed by atoms with van der Waals surface area (Å²) < 4.78 is 104. The fourth-order valence-corrected chi connectivity index (χ4v) is 2.43. The Morgan fingerprint density at radius 3 is 2.18 bits per heavy atom. The number of hydrogen-bond acceptors (Lipinski definition) is 6. The highest BCUT2D eigenvalue weighted by Gasteiger charge is 2.66. The van der Waals surface area contributed by atoms with E-state index in [1.54, 1.807) is 22.6 Å². The molecule has 0 saturated heterocycles. The minimum Gasteiger partial charge on any atom is -0.441 e. The maximum atomic E-state index is 13.5. The summed E-state index contributed by atoms with van der Waals surface area (Å²) in [7, 11) is -6.56. The molecular weight excluding hydrogens is 534 g/mol. The molecule has 28 heavy (non-hydrogen) atoms. The first-order valence-corrected chi connectivity index (χ1v) is 9.30. The molecular formula is C14H10F5IO7S. The SMILES string of the molecule is C=C(C)C(=O)Oc1cc(C(=O)OC(C(F)(F)F)C(F)(F)S(=O)(=O)O)ccc1I. The maximum Gasteiger partial charge on any atom is 0.432 e. The number of rotatable bonds is 6. The van der Waals surface area contributed by atoms with Gasteiger partial charge < -0.3 is 9.47 Å². The van der Waals surface area contributed by atoms with Crippen molar-refractivity contribution in [1.29, 1.82) is 0 Å². The summed E-state index contributed by atoms with van der Waals surface area (Å²) in [5.41, 5.74) is -0.806. The number of hydrogen-bond donors (Lipinski definition) is 1. The third kappa shape index (κ3) is 5.60. The molecule has 1 aromatic rings. The van der Waals surface area contributed by atoms with Crippen molar-refractivity contribution in [3.8, 4) is 5.75 Å². The molecule has 0 bridgehead atoms. The quantitative estimate of drug-likeness (QED) is 0.146. The molecule has 14 heteroatoms. The van der Waals surface area contributed by atoms with Gasteiger partial charge in [-0.15, -0.1) is 0 Å². The Kier molecular flexibility index (Phi) is 7.17. The summed E-state index contributed by atoms with van der Waals surface area (Å²) in [5, 5.41) is -5.86. The number of alkyl halides is 5. The van der Waals surface area contributed by atoms with Gasteiger partial charge in [-0.05, 0) is 47.7 Å². The third-order valence-electron chi connectivity index (χ3n) is 2.89. The van der Waals surface area contributed by atoms with Crippen LogP contribution in [0.2, 0.25) is 0 Å². The highest BCUT2D eigenvalue weighted by atomic mass is 127. The second-order valence-electron chi connectivity index (χ2n) is 5.18. The van der Waals surface area contributed by atoms with Gasteiger partial charge in [-0.1, -0.05) is 6.58 Å². The van der Waals surface area contributed by atoms with Crippen molar-refractivity contribution in [2.45, 2.75) is 24.5 Å². The zero-order chi connectivity index (χ0) is 22.1. The van der Waals surface area contributed by atoms with Crippen molar-refractivity contribution in [2.75, 3.05) is 0 Å². The average molecular weight is 544 g/mol. The summed E-state index contributed by atoms with van der Waals surface area (Å²) in [6.07, 6.45) is -10.5. The monoisotopic (exact) mass is 544 g/mol. The number of esters is 2. The number of carbonyl (C=O) groups excluding carboxylic acids is 2. The van der Waals surface area contributed by atoms with Crippen molar-refractivity contribution in [3.05, 3.63) is 39.5 Å². The highest BCUT2D eigenvalue weighted by Crippen LogP contribution is 2.38. The zero-order valence-corrected chi connectivity index (χ0v) is 16.6. The van der Waals surface area contributed by atoms with Gasteiger partial charge in [-0.25, -0.2) is 9.59 Å². The molecule has 0 spiro atoms. The lowest BCUT2D eigenvalue weighted by Gasteiger charge is -2.26. The maximum absolute atomic E-state index is 13.5. The van der Waals surface area contributed by atoms with Gasteiger partial charge in [-0.3, -0.25) is 4.55 Å². The first-order valence-electron chi connectivity index (χ1n) is 6.78. The Balaban J connectivity index is 3.26. The van der Waals surface area contributed by atoms with Gasteiger partial charge in [0.05, 0.1) is 9.13 Å². The summed E-state index contributed by atoms with van der Waals surface area (Å²) in [5.74, 6) is -3.25. The fourth-order valence-electron chi connectivity index (χ4n) is 1.53. The third-order valence-corrected chi connectivity index (χ3v) is 4.68. The van der Waals surface area contributed by atoms with Crippen LogP contribution in [0.5, 0.6) is 5.75 Å². The molecule has 156 valence electrons. The lowest BCUT2D eigenvalue weighted by Crippen LogP contribution is -2.52. The number of carbonyl (C=O) groups is 2. The van der Waals surface area contributed by atoms with Gasteiger partial charge in [0, 0.05) is 5.57 Å². The first-order chi connectivity index (χ1) is 12.5. The lowest BCUT2D eigenvalue weighted by atomic mass is 10.2. The Morgan fingerprint density at radius 1 is 1.21 bits per heavy atom. The van der Waals surface area contributed by atoms with Crippen LogP contribution in [0, 0.1) is 3.57 Å². The molecule has 0 heterocycles. The molecule has 0 fully saturated rings. The largest absolute Gasteiger partial charge is 0.441 e. The van der Waals surface area contributed by atoms with E-state index in [0.717, 1.165) is 18.2 Å². The van der Waals surface area contributed by atoms with Crippen LogP contribution in [0.4, 0.5) is 22.0 Å². The number of ether oxygens (including phenoxy) is 2. The molecule has 1 unspecified atom stereocenters. The van der Waals surface area contributed by atoms with Crippen LogP contribution >= 0.6 is 22.6 Å². The lowest BCUT2D eigenvalue weighted by molar-refractivity contribution is -0.248. The van der Waals surface area contributed by atoms with Crippen LogP contribution in [0.15, 0.2) is 30.4 Å². The van der Waals surface area contributed by atoms with Gasteiger partial charge in [0.25, 0.3) is 6.10 Å². The fraction of sp³-hybridized carbons (Fsp3) is 0.286. The Morgan fingerprint density at radius 2 is 1.75 bits per heavy atom. The molecule has 1 aromatic carbocycles. The van der Waals surface area contributed by atoms with Gasteiger partial charge in [0.15, 0.2) is 0 Å². The minimum atomic E-state index is -6.56. The van der Waals surface area contributed by atoms with E-state index in [4.69, 9.17) is 9.29 Å². The molecule has 0 aliphatic rings. The van der Waals surface area contributed by atoms with E-state index in [2.05, 4.69) is 11.3 Å². The summed E-state index contributed by atoms with van der Waals surface area (Å²) in [4.78, 5) is 23.4. The van der Waals surface area contributed by atoms with Crippen LogP contribution in [0.1, 0.15) is 17.3 Å². The Bertz CT molecular complexity index is 911. The van der Waals surface area contributed by atoms with E-state index in [-0.39, 0.29) is 14.9 Å². The molecule has 1 atom stereocenters. The van der Waals surface area contributed by atoms with Crippen molar-refractivity contribution in [3.63, 3.8) is 0 Å². The van der Waals surface area contributed by atoms with E-state index < -0.39 is 45.2 Å². The molecule has 0 radical (unpaired) electrons. The van der Waals surface area contributed by atoms with E-state index in [1.807, 2.05) is 0 Å². The summed E-state index contributed by atoms with van der Waals surface area (Å²) >= 11 is 1.65. The number of benzene rings is 1. The Hall–Kier alpha value is -1.81. The smallest absolute Gasteiger partial charge is 0.432 e. The second-order valence-corrected chi connectivity index (χ2v) is 7.84. The van der Waals surface area contributed by atoms with Gasteiger partial charge in [0.1, 0.15) is 5.75 Å². The van der Waals surface area contributed by atoms with E-state index in [1.165, 1.54) is 6.92 Å². The van der Waals surface area contributed by atoms with Crippen LogP contribution in [0.3, 0.4) is 0 Å². The second kappa shape index (κ2) is 8.28. The normalized spacial score (nSPS) is 13.6. The van der Waals surface area contributed by atoms with Gasteiger partial charge in [0.2, 0.25) is 0 Å². The van der Waals surface area contributed by atoms with Crippen molar-refractivity contribution >= 4 is 44.6 Å². The van der Waals surface area contributed by atoms with Crippen molar-refractivity contribution < 1.29 is 54.0 Å².